The summed E-state index contributed by atoms with van der Waals surface area (Å²) in [5.41, 5.74) is -0.879. The molecule has 0 radical (unpaired) electrons. The van der Waals surface area contributed by atoms with Crippen LogP contribution in [-0.4, -0.2) is 49.2 Å². The molecule has 0 saturated heterocycles. The summed E-state index contributed by atoms with van der Waals surface area (Å²) in [6.07, 6.45) is 0.852. The second kappa shape index (κ2) is 13.3. The zero-order chi connectivity index (χ0) is 23.3. The van der Waals surface area contributed by atoms with E-state index in [1.54, 1.807) is 26.0 Å². The van der Waals surface area contributed by atoms with E-state index in [4.69, 9.17) is 14.2 Å². The van der Waals surface area contributed by atoms with Crippen LogP contribution in [0, 0.1) is 5.92 Å². The molecule has 2 N–H and O–H groups in total. The van der Waals surface area contributed by atoms with Crippen molar-refractivity contribution in [3.63, 3.8) is 0 Å². The van der Waals surface area contributed by atoms with Crippen molar-refractivity contribution in [3.05, 3.63) is 35.9 Å². The van der Waals surface area contributed by atoms with Crippen LogP contribution in [0.3, 0.4) is 0 Å². The van der Waals surface area contributed by atoms with Crippen molar-refractivity contribution in [3.8, 4) is 0 Å². The number of rotatable bonds is 12. The average molecular weight is 437 g/mol. The molecule has 0 bridgehead atoms. The Hall–Kier alpha value is -3.10. The van der Waals surface area contributed by atoms with Crippen LogP contribution >= 0.6 is 0 Å². The Morgan fingerprint density at radius 2 is 1.71 bits per heavy atom. The molecule has 9 nitrogen and oxygen atoms in total. The molecule has 1 rings (SSSR count). The van der Waals surface area contributed by atoms with Gasteiger partial charge in [0.15, 0.2) is 0 Å². The molecule has 1 aromatic rings. The summed E-state index contributed by atoms with van der Waals surface area (Å²) in [6.45, 7) is 6.15. The summed E-state index contributed by atoms with van der Waals surface area (Å²) in [7, 11) is 0. The number of benzene rings is 1. The summed E-state index contributed by atoms with van der Waals surface area (Å²) < 4.78 is 15.4. The lowest BCUT2D eigenvalue weighted by Gasteiger charge is -2.28. The van der Waals surface area contributed by atoms with E-state index in [-0.39, 0.29) is 6.61 Å². The van der Waals surface area contributed by atoms with E-state index in [2.05, 4.69) is 10.6 Å². The van der Waals surface area contributed by atoms with Gasteiger partial charge in [-0.3, -0.25) is 14.4 Å². The highest BCUT2D eigenvalue weighted by Crippen LogP contribution is 2.15. The summed E-state index contributed by atoms with van der Waals surface area (Å²) in [6, 6.07) is 9.07. The number of hydrogen-bond donors (Lipinski definition) is 2. The molecule has 0 saturated carbocycles. The topological polar surface area (TPSA) is 120 Å². The smallest absolute Gasteiger partial charge is 0.407 e. The molecule has 0 aliphatic rings. The zero-order valence-corrected chi connectivity index (χ0v) is 18.6. The van der Waals surface area contributed by atoms with Gasteiger partial charge in [0.1, 0.15) is 19.8 Å². The molecule has 0 aliphatic heterocycles. The van der Waals surface area contributed by atoms with Crippen LogP contribution in [0.25, 0.3) is 0 Å². The first-order valence-electron chi connectivity index (χ1n) is 10.3. The van der Waals surface area contributed by atoms with Crippen molar-refractivity contribution in [2.45, 2.75) is 52.7 Å². The van der Waals surface area contributed by atoms with E-state index in [1.165, 1.54) is 6.92 Å². The molecular formula is C22H32N2O7. The van der Waals surface area contributed by atoms with Gasteiger partial charge in [0.2, 0.25) is 5.60 Å². The predicted molar refractivity (Wildman–Crippen MR) is 113 cm³/mol. The fourth-order valence-corrected chi connectivity index (χ4v) is 2.23. The Labute approximate surface area is 182 Å². The molecule has 9 heteroatoms. The SMILES string of the molecule is CCCCNC(=O)C(C)(COC(=O)CNC(=O)OCc1ccccc1)OC(=O)C(C)C. The molecular weight excluding hydrogens is 404 g/mol. The Morgan fingerprint density at radius 1 is 1.03 bits per heavy atom. The van der Waals surface area contributed by atoms with Gasteiger partial charge in [0.25, 0.3) is 5.91 Å². The molecule has 0 heterocycles. The van der Waals surface area contributed by atoms with Crippen molar-refractivity contribution in [2.75, 3.05) is 19.7 Å². The summed E-state index contributed by atoms with van der Waals surface area (Å²) in [5, 5.41) is 4.95. The van der Waals surface area contributed by atoms with Crippen LogP contribution in [0.4, 0.5) is 4.79 Å². The molecule has 0 fully saturated rings. The summed E-state index contributed by atoms with van der Waals surface area (Å²) >= 11 is 0. The Kier molecular flexibility index (Phi) is 11.1. The minimum Gasteiger partial charge on any atom is -0.460 e. The van der Waals surface area contributed by atoms with E-state index < -0.39 is 48.6 Å². The van der Waals surface area contributed by atoms with E-state index in [9.17, 15) is 19.2 Å². The first-order valence-corrected chi connectivity index (χ1v) is 10.3. The number of carbonyl (C=O) groups excluding carboxylic acids is 4. The number of nitrogens with one attached hydrogen (secondary N) is 2. The lowest BCUT2D eigenvalue weighted by Crippen LogP contribution is -2.52. The van der Waals surface area contributed by atoms with Gasteiger partial charge in [0.05, 0.1) is 5.92 Å². The molecule has 0 aromatic heterocycles. The van der Waals surface area contributed by atoms with Crippen molar-refractivity contribution < 1.29 is 33.4 Å². The van der Waals surface area contributed by atoms with Crippen LogP contribution < -0.4 is 10.6 Å². The Balaban J connectivity index is 2.53. The molecule has 0 spiro atoms. The zero-order valence-electron chi connectivity index (χ0n) is 18.6. The van der Waals surface area contributed by atoms with Gasteiger partial charge in [-0.05, 0) is 18.9 Å². The van der Waals surface area contributed by atoms with Gasteiger partial charge in [-0.2, -0.15) is 0 Å². The quantitative estimate of drug-likeness (QED) is 0.293. The fraction of sp³-hybridized carbons (Fsp3) is 0.545. The molecule has 1 unspecified atom stereocenters. The van der Waals surface area contributed by atoms with Crippen molar-refractivity contribution in [2.24, 2.45) is 5.92 Å². The van der Waals surface area contributed by atoms with Gasteiger partial charge < -0.3 is 24.8 Å². The van der Waals surface area contributed by atoms with Gasteiger partial charge >= 0.3 is 18.0 Å². The minimum atomic E-state index is -1.68. The predicted octanol–water partition coefficient (Wildman–Crippen LogP) is 2.33. The molecule has 31 heavy (non-hydrogen) atoms. The van der Waals surface area contributed by atoms with E-state index in [0.717, 1.165) is 18.4 Å². The van der Waals surface area contributed by atoms with Gasteiger partial charge in [-0.25, -0.2) is 4.79 Å². The molecule has 1 aromatic carbocycles. The molecule has 0 aliphatic carbocycles. The number of carbonyl (C=O) groups is 4. The second-order valence-electron chi connectivity index (χ2n) is 7.49. The first-order chi connectivity index (χ1) is 14.7. The van der Waals surface area contributed by atoms with Crippen molar-refractivity contribution >= 4 is 23.9 Å². The maximum atomic E-state index is 12.5. The van der Waals surface area contributed by atoms with Crippen LogP contribution in [0.5, 0.6) is 0 Å². The van der Waals surface area contributed by atoms with Crippen molar-refractivity contribution in [1.29, 1.82) is 0 Å². The summed E-state index contributed by atoms with van der Waals surface area (Å²) in [5.74, 6) is -2.41. The monoisotopic (exact) mass is 436 g/mol. The van der Waals surface area contributed by atoms with Crippen LogP contribution in [-0.2, 0) is 35.2 Å². The van der Waals surface area contributed by atoms with Gasteiger partial charge in [0, 0.05) is 6.54 Å². The standard InChI is InChI=1S/C22H32N2O7/c1-5-6-12-23-20(27)22(4,31-19(26)16(2)3)15-30-18(25)13-24-21(28)29-14-17-10-8-7-9-11-17/h7-11,16H,5-6,12-15H2,1-4H3,(H,23,27)(H,24,28). The van der Waals surface area contributed by atoms with Crippen LogP contribution in [0.1, 0.15) is 46.1 Å². The first kappa shape index (κ1) is 25.9. The second-order valence-corrected chi connectivity index (χ2v) is 7.49. The average Bonchev–Trinajstić information content (AvgIpc) is 2.75. The number of amides is 2. The third-order valence-electron chi connectivity index (χ3n) is 4.19. The van der Waals surface area contributed by atoms with E-state index in [0.29, 0.717) is 6.54 Å². The maximum absolute atomic E-state index is 12.5. The summed E-state index contributed by atoms with van der Waals surface area (Å²) in [4.78, 5) is 48.3. The van der Waals surface area contributed by atoms with E-state index in [1.807, 2.05) is 25.1 Å². The number of esters is 2. The molecule has 2 amide bonds. The third-order valence-corrected chi connectivity index (χ3v) is 4.19. The number of unbranched alkanes of at least 4 members (excludes halogenated alkanes) is 1. The van der Waals surface area contributed by atoms with E-state index >= 15 is 0 Å². The third kappa shape index (κ3) is 9.97. The number of ether oxygens (including phenoxy) is 3. The Bertz CT molecular complexity index is 737. The number of hydrogen-bond acceptors (Lipinski definition) is 7. The lowest BCUT2D eigenvalue weighted by molar-refractivity contribution is -0.179. The highest BCUT2D eigenvalue weighted by atomic mass is 16.6. The maximum Gasteiger partial charge on any atom is 0.407 e. The Morgan fingerprint density at radius 3 is 2.32 bits per heavy atom. The molecule has 172 valence electrons. The van der Waals surface area contributed by atoms with Crippen LogP contribution in [0.2, 0.25) is 0 Å². The highest BCUT2D eigenvalue weighted by Gasteiger charge is 2.39. The highest BCUT2D eigenvalue weighted by molar-refractivity contribution is 5.88. The number of alkyl carbamates (subject to hydrolysis) is 1. The lowest BCUT2D eigenvalue weighted by atomic mass is 10.1. The normalized spacial score (nSPS) is 12.4. The van der Waals surface area contributed by atoms with Crippen LogP contribution in [0.15, 0.2) is 30.3 Å². The fourth-order valence-electron chi connectivity index (χ4n) is 2.23. The minimum absolute atomic E-state index is 0.0584. The largest absolute Gasteiger partial charge is 0.460 e. The van der Waals surface area contributed by atoms with Crippen molar-refractivity contribution in [1.82, 2.24) is 10.6 Å². The van der Waals surface area contributed by atoms with Gasteiger partial charge in [-0.15, -0.1) is 0 Å². The van der Waals surface area contributed by atoms with Gasteiger partial charge in [-0.1, -0.05) is 57.5 Å². The molecule has 1 atom stereocenters.